The molecule has 0 aliphatic heterocycles. The van der Waals surface area contributed by atoms with E-state index >= 15 is 0 Å². The minimum Gasteiger partial charge on any atom is -0.385 e. The largest absolute Gasteiger partial charge is 0.385 e. The summed E-state index contributed by atoms with van der Waals surface area (Å²) in [6.45, 7) is 5.02. The monoisotopic (exact) mass is 174 g/mol. The first-order valence-electron chi connectivity index (χ1n) is 4.72. The lowest BCUT2D eigenvalue weighted by Gasteiger charge is -2.05. The summed E-state index contributed by atoms with van der Waals surface area (Å²) in [4.78, 5) is 0. The third-order valence-corrected chi connectivity index (χ3v) is 1.72. The summed E-state index contributed by atoms with van der Waals surface area (Å²) in [6.07, 6.45) is 3.37. The van der Waals surface area contributed by atoms with Crippen LogP contribution in [0.2, 0.25) is 0 Å². The molecule has 0 aliphatic rings. The molecule has 1 unspecified atom stereocenters. The standard InChI is InChI=1S/C9H22N2O/c1-9(10)5-3-6-11-7-4-8-12-2/h9,11H,3-8,10H2,1-2H3. The summed E-state index contributed by atoms with van der Waals surface area (Å²) >= 11 is 0. The fourth-order valence-electron chi connectivity index (χ4n) is 1.02. The Kier molecular flexibility index (Phi) is 8.88. The van der Waals surface area contributed by atoms with Crippen molar-refractivity contribution in [1.29, 1.82) is 0 Å². The Hall–Kier alpha value is -0.120. The van der Waals surface area contributed by atoms with Crippen LogP contribution in [0.4, 0.5) is 0 Å². The van der Waals surface area contributed by atoms with E-state index < -0.39 is 0 Å². The first-order chi connectivity index (χ1) is 5.77. The van der Waals surface area contributed by atoms with Crippen LogP contribution in [-0.4, -0.2) is 32.8 Å². The van der Waals surface area contributed by atoms with Crippen molar-refractivity contribution >= 4 is 0 Å². The Morgan fingerprint density at radius 1 is 1.33 bits per heavy atom. The normalized spacial score (nSPS) is 13.2. The van der Waals surface area contributed by atoms with E-state index in [2.05, 4.69) is 5.32 Å². The zero-order valence-electron chi connectivity index (χ0n) is 8.31. The van der Waals surface area contributed by atoms with Gasteiger partial charge in [0.05, 0.1) is 0 Å². The number of nitrogens with one attached hydrogen (secondary N) is 1. The molecule has 0 saturated heterocycles. The van der Waals surface area contributed by atoms with Crippen LogP contribution in [0.3, 0.4) is 0 Å². The summed E-state index contributed by atoms with van der Waals surface area (Å²) in [5, 5.41) is 3.34. The third-order valence-electron chi connectivity index (χ3n) is 1.72. The highest BCUT2D eigenvalue weighted by Crippen LogP contribution is 1.90. The Labute approximate surface area is 75.7 Å². The van der Waals surface area contributed by atoms with Gasteiger partial charge >= 0.3 is 0 Å². The smallest absolute Gasteiger partial charge is 0.0474 e. The van der Waals surface area contributed by atoms with Crippen LogP contribution in [0.1, 0.15) is 26.2 Å². The van der Waals surface area contributed by atoms with Gasteiger partial charge in [0.2, 0.25) is 0 Å². The van der Waals surface area contributed by atoms with Crippen molar-refractivity contribution in [3.63, 3.8) is 0 Å². The quantitative estimate of drug-likeness (QED) is 0.534. The van der Waals surface area contributed by atoms with Crippen molar-refractivity contribution in [3.8, 4) is 0 Å². The van der Waals surface area contributed by atoms with Gasteiger partial charge in [-0.1, -0.05) is 0 Å². The fourth-order valence-corrected chi connectivity index (χ4v) is 1.02. The average molecular weight is 174 g/mol. The maximum Gasteiger partial charge on any atom is 0.0474 e. The zero-order chi connectivity index (χ0) is 9.23. The van der Waals surface area contributed by atoms with Gasteiger partial charge < -0.3 is 15.8 Å². The number of ether oxygens (including phenoxy) is 1. The lowest BCUT2D eigenvalue weighted by molar-refractivity contribution is 0.194. The van der Waals surface area contributed by atoms with Crippen LogP contribution in [0.25, 0.3) is 0 Å². The number of hydrogen-bond acceptors (Lipinski definition) is 3. The van der Waals surface area contributed by atoms with Crippen molar-refractivity contribution in [3.05, 3.63) is 0 Å². The zero-order valence-corrected chi connectivity index (χ0v) is 8.31. The van der Waals surface area contributed by atoms with Gasteiger partial charge in [-0.05, 0) is 39.3 Å². The maximum absolute atomic E-state index is 5.61. The molecule has 12 heavy (non-hydrogen) atoms. The first kappa shape index (κ1) is 11.9. The van der Waals surface area contributed by atoms with Crippen molar-refractivity contribution in [2.75, 3.05) is 26.8 Å². The summed E-state index contributed by atoms with van der Waals surface area (Å²) < 4.78 is 4.93. The maximum atomic E-state index is 5.61. The van der Waals surface area contributed by atoms with Crippen LogP contribution in [0.15, 0.2) is 0 Å². The molecule has 0 amide bonds. The number of nitrogens with two attached hydrogens (primary N) is 1. The SMILES string of the molecule is COCCCNCCCC(C)N. The van der Waals surface area contributed by atoms with Gasteiger partial charge in [0, 0.05) is 19.8 Å². The van der Waals surface area contributed by atoms with Gasteiger partial charge in [0.25, 0.3) is 0 Å². The number of rotatable bonds is 8. The molecular weight excluding hydrogens is 152 g/mol. The van der Waals surface area contributed by atoms with Gasteiger partial charge in [-0.2, -0.15) is 0 Å². The molecule has 0 rings (SSSR count). The lowest BCUT2D eigenvalue weighted by Crippen LogP contribution is -2.21. The summed E-state index contributed by atoms with van der Waals surface area (Å²) in [6, 6.07) is 0.339. The van der Waals surface area contributed by atoms with E-state index in [1.807, 2.05) is 6.92 Å². The van der Waals surface area contributed by atoms with Crippen LogP contribution in [-0.2, 0) is 4.74 Å². The topological polar surface area (TPSA) is 47.3 Å². The molecule has 0 heterocycles. The number of hydrogen-bond donors (Lipinski definition) is 2. The average Bonchev–Trinajstić information content (AvgIpc) is 2.02. The first-order valence-corrected chi connectivity index (χ1v) is 4.72. The van der Waals surface area contributed by atoms with Gasteiger partial charge in [0.15, 0.2) is 0 Å². The van der Waals surface area contributed by atoms with Crippen molar-refractivity contribution in [1.82, 2.24) is 5.32 Å². The van der Waals surface area contributed by atoms with Crippen molar-refractivity contribution in [2.24, 2.45) is 5.73 Å². The van der Waals surface area contributed by atoms with E-state index in [0.717, 1.165) is 32.5 Å². The third kappa shape index (κ3) is 9.88. The van der Waals surface area contributed by atoms with E-state index in [-0.39, 0.29) is 0 Å². The highest BCUT2D eigenvalue weighted by atomic mass is 16.5. The van der Waals surface area contributed by atoms with Crippen LogP contribution < -0.4 is 11.1 Å². The van der Waals surface area contributed by atoms with E-state index in [9.17, 15) is 0 Å². The molecule has 1 atom stereocenters. The van der Waals surface area contributed by atoms with E-state index in [1.165, 1.54) is 6.42 Å². The predicted molar refractivity (Wildman–Crippen MR) is 52.2 cm³/mol. The van der Waals surface area contributed by atoms with Crippen molar-refractivity contribution < 1.29 is 4.74 Å². The molecule has 0 aromatic carbocycles. The second-order valence-corrected chi connectivity index (χ2v) is 3.22. The summed E-state index contributed by atoms with van der Waals surface area (Å²) in [5.74, 6) is 0. The molecule has 0 saturated carbocycles. The van der Waals surface area contributed by atoms with Crippen molar-refractivity contribution in [2.45, 2.75) is 32.2 Å². The number of methoxy groups -OCH3 is 1. The Bertz CT molecular complexity index is 86.6. The fraction of sp³-hybridized carbons (Fsp3) is 1.00. The molecule has 0 radical (unpaired) electrons. The summed E-state index contributed by atoms with van der Waals surface area (Å²) in [5.41, 5.74) is 5.61. The van der Waals surface area contributed by atoms with E-state index in [1.54, 1.807) is 7.11 Å². The molecule has 0 fully saturated rings. The molecule has 0 aliphatic carbocycles. The summed E-state index contributed by atoms with van der Waals surface area (Å²) in [7, 11) is 1.73. The highest BCUT2D eigenvalue weighted by molar-refractivity contribution is 4.55. The Morgan fingerprint density at radius 3 is 2.58 bits per heavy atom. The molecule has 3 N–H and O–H groups in total. The van der Waals surface area contributed by atoms with Crippen LogP contribution >= 0.6 is 0 Å². The van der Waals surface area contributed by atoms with E-state index in [0.29, 0.717) is 6.04 Å². The molecular formula is C9H22N2O. The minimum absolute atomic E-state index is 0.339. The molecule has 0 aromatic heterocycles. The van der Waals surface area contributed by atoms with Gasteiger partial charge in [0.1, 0.15) is 0 Å². The second-order valence-electron chi connectivity index (χ2n) is 3.22. The van der Waals surface area contributed by atoms with Gasteiger partial charge in [-0.3, -0.25) is 0 Å². The molecule has 0 spiro atoms. The predicted octanol–water partition coefficient (Wildman–Crippen LogP) is 0.740. The molecule has 0 aromatic rings. The van der Waals surface area contributed by atoms with Gasteiger partial charge in [-0.15, -0.1) is 0 Å². The van der Waals surface area contributed by atoms with Crippen LogP contribution in [0, 0.1) is 0 Å². The molecule has 74 valence electrons. The molecule has 0 bridgehead atoms. The molecule has 3 heteroatoms. The van der Waals surface area contributed by atoms with E-state index in [4.69, 9.17) is 10.5 Å². The second kappa shape index (κ2) is 8.97. The molecule has 3 nitrogen and oxygen atoms in total. The minimum atomic E-state index is 0.339. The van der Waals surface area contributed by atoms with Gasteiger partial charge in [-0.25, -0.2) is 0 Å². The highest BCUT2D eigenvalue weighted by Gasteiger charge is 1.93. The van der Waals surface area contributed by atoms with Crippen LogP contribution in [0.5, 0.6) is 0 Å². The Morgan fingerprint density at radius 2 is 2.00 bits per heavy atom. The Balaban J connectivity index is 2.82. The lowest BCUT2D eigenvalue weighted by atomic mass is 10.2.